The van der Waals surface area contributed by atoms with Crippen LogP contribution in [-0.2, 0) is 4.79 Å². The van der Waals surface area contributed by atoms with Crippen LogP contribution in [0.25, 0.3) is 6.08 Å². The van der Waals surface area contributed by atoms with Crippen molar-refractivity contribution < 1.29 is 9.53 Å². The number of benzene rings is 1. The maximum atomic E-state index is 12.2. The molecule has 0 saturated heterocycles. The van der Waals surface area contributed by atoms with Crippen molar-refractivity contribution in [2.45, 2.75) is 51.7 Å². The van der Waals surface area contributed by atoms with E-state index in [-0.39, 0.29) is 23.6 Å². The first kappa shape index (κ1) is 16.1. The quantitative estimate of drug-likeness (QED) is 0.669. The van der Waals surface area contributed by atoms with E-state index in [2.05, 4.69) is 5.32 Å². The molecule has 1 aliphatic rings. The molecular weight excluding hydrogens is 276 g/mol. The molecule has 0 spiro atoms. The number of nitrogens with zero attached hydrogens (tertiary/aromatic N) is 1. The molecule has 0 heterocycles. The van der Waals surface area contributed by atoms with Crippen molar-refractivity contribution >= 4 is 12.0 Å². The van der Waals surface area contributed by atoms with Gasteiger partial charge in [-0.1, -0.05) is 31.0 Å². The molecular formula is C18H22N2O2. The average Bonchev–Trinajstić information content (AvgIpc) is 2.98. The van der Waals surface area contributed by atoms with Gasteiger partial charge in [-0.05, 0) is 38.8 Å². The van der Waals surface area contributed by atoms with Crippen molar-refractivity contribution in [2.75, 3.05) is 0 Å². The van der Waals surface area contributed by atoms with Gasteiger partial charge in [0.25, 0.3) is 5.91 Å². The second kappa shape index (κ2) is 7.65. The number of rotatable bonds is 5. The van der Waals surface area contributed by atoms with Crippen LogP contribution in [-0.4, -0.2) is 18.1 Å². The highest BCUT2D eigenvalue weighted by molar-refractivity contribution is 6.02. The fourth-order valence-corrected chi connectivity index (χ4v) is 2.60. The molecule has 1 aromatic carbocycles. The van der Waals surface area contributed by atoms with Gasteiger partial charge in [0.15, 0.2) is 0 Å². The lowest BCUT2D eigenvalue weighted by atomic mass is 10.1. The second-order valence-electron chi connectivity index (χ2n) is 5.83. The molecule has 1 fully saturated rings. The van der Waals surface area contributed by atoms with Gasteiger partial charge in [-0.25, -0.2) is 0 Å². The molecule has 0 radical (unpaired) electrons. The average molecular weight is 298 g/mol. The molecule has 4 heteroatoms. The van der Waals surface area contributed by atoms with Crippen molar-refractivity contribution in [1.29, 1.82) is 5.26 Å². The third-order valence-corrected chi connectivity index (χ3v) is 3.64. The number of carbonyl (C=O) groups is 1. The van der Waals surface area contributed by atoms with Crippen LogP contribution < -0.4 is 10.1 Å². The Kier molecular flexibility index (Phi) is 5.60. The zero-order valence-electron chi connectivity index (χ0n) is 13.1. The third kappa shape index (κ3) is 4.36. The Morgan fingerprint density at radius 1 is 1.36 bits per heavy atom. The summed E-state index contributed by atoms with van der Waals surface area (Å²) in [4.78, 5) is 12.2. The molecule has 1 N–H and O–H groups in total. The Hall–Kier alpha value is -2.28. The molecule has 0 bridgehead atoms. The lowest BCUT2D eigenvalue weighted by molar-refractivity contribution is -0.117. The number of nitriles is 1. The number of hydrogen-bond donors (Lipinski definition) is 1. The fourth-order valence-electron chi connectivity index (χ4n) is 2.60. The zero-order valence-corrected chi connectivity index (χ0v) is 13.1. The number of hydrogen-bond acceptors (Lipinski definition) is 3. The van der Waals surface area contributed by atoms with E-state index in [0.29, 0.717) is 5.75 Å². The van der Waals surface area contributed by atoms with Gasteiger partial charge in [0, 0.05) is 11.6 Å². The van der Waals surface area contributed by atoms with Crippen LogP contribution in [0.15, 0.2) is 29.8 Å². The van der Waals surface area contributed by atoms with Gasteiger partial charge < -0.3 is 10.1 Å². The predicted octanol–water partition coefficient (Wildman–Crippen LogP) is 3.44. The van der Waals surface area contributed by atoms with Gasteiger partial charge in [0.2, 0.25) is 0 Å². The lowest BCUT2D eigenvalue weighted by Gasteiger charge is -2.13. The molecule has 1 amide bonds. The van der Waals surface area contributed by atoms with Crippen molar-refractivity contribution in [3.8, 4) is 11.8 Å². The number of para-hydroxylation sites is 1. The molecule has 1 saturated carbocycles. The molecule has 0 unspecified atom stereocenters. The summed E-state index contributed by atoms with van der Waals surface area (Å²) in [6.45, 7) is 3.89. The first-order valence-electron chi connectivity index (χ1n) is 7.78. The largest absolute Gasteiger partial charge is 0.490 e. The highest BCUT2D eigenvalue weighted by Gasteiger charge is 2.19. The van der Waals surface area contributed by atoms with Crippen molar-refractivity contribution in [1.82, 2.24) is 5.32 Å². The molecule has 1 aromatic rings. The van der Waals surface area contributed by atoms with E-state index < -0.39 is 0 Å². The van der Waals surface area contributed by atoms with Crippen molar-refractivity contribution in [3.63, 3.8) is 0 Å². The lowest BCUT2D eigenvalue weighted by Crippen LogP contribution is -2.33. The Morgan fingerprint density at radius 3 is 2.68 bits per heavy atom. The first-order chi connectivity index (χ1) is 10.6. The monoisotopic (exact) mass is 298 g/mol. The zero-order chi connectivity index (χ0) is 15.9. The van der Waals surface area contributed by atoms with Crippen LogP contribution in [0.5, 0.6) is 5.75 Å². The Balaban J connectivity index is 2.17. The Labute approximate surface area is 131 Å². The molecule has 0 aromatic heterocycles. The molecule has 0 atom stereocenters. The summed E-state index contributed by atoms with van der Waals surface area (Å²) in [5, 5.41) is 12.2. The Bertz CT molecular complexity index is 593. The summed E-state index contributed by atoms with van der Waals surface area (Å²) >= 11 is 0. The van der Waals surface area contributed by atoms with E-state index in [4.69, 9.17) is 4.74 Å². The topological polar surface area (TPSA) is 62.1 Å². The van der Waals surface area contributed by atoms with Gasteiger partial charge in [0.1, 0.15) is 17.4 Å². The molecule has 116 valence electrons. The normalized spacial score (nSPS) is 15.6. The summed E-state index contributed by atoms with van der Waals surface area (Å²) < 4.78 is 5.72. The molecule has 2 rings (SSSR count). The minimum atomic E-state index is -0.297. The van der Waals surface area contributed by atoms with Crippen LogP contribution in [0, 0.1) is 11.3 Å². The Morgan fingerprint density at radius 2 is 2.05 bits per heavy atom. The fraction of sp³-hybridized carbons (Fsp3) is 0.444. The van der Waals surface area contributed by atoms with Gasteiger partial charge >= 0.3 is 0 Å². The highest BCUT2D eigenvalue weighted by Crippen LogP contribution is 2.23. The van der Waals surface area contributed by atoms with Crippen LogP contribution in [0.2, 0.25) is 0 Å². The summed E-state index contributed by atoms with van der Waals surface area (Å²) in [5.74, 6) is 0.382. The van der Waals surface area contributed by atoms with E-state index in [1.165, 1.54) is 0 Å². The van der Waals surface area contributed by atoms with Crippen LogP contribution >= 0.6 is 0 Å². The molecule has 22 heavy (non-hydrogen) atoms. The standard InChI is InChI=1S/C18H22N2O2/c1-13(2)22-17-10-6-3-7-14(17)11-15(12-19)18(21)20-16-8-4-5-9-16/h3,6-7,10-11,13,16H,4-5,8-9H2,1-2H3,(H,20,21)/b15-11+. The maximum Gasteiger partial charge on any atom is 0.262 e. The maximum absolute atomic E-state index is 12.2. The summed E-state index contributed by atoms with van der Waals surface area (Å²) in [6, 6.07) is 9.63. The van der Waals surface area contributed by atoms with Crippen LogP contribution in [0.4, 0.5) is 0 Å². The SMILES string of the molecule is CC(C)Oc1ccccc1/C=C(\C#N)C(=O)NC1CCCC1. The van der Waals surface area contributed by atoms with Crippen LogP contribution in [0.3, 0.4) is 0 Å². The number of amides is 1. The summed E-state index contributed by atoms with van der Waals surface area (Å²) in [6.07, 6.45) is 5.91. The number of carbonyl (C=O) groups excluding carboxylic acids is 1. The van der Waals surface area contributed by atoms with Crippen molar-refractivity contribution in [2.24, 2.45) is 0 Å². The second-order valence-corrected chi connectivity index (χ2v) is 5.83. The molecule has 4 nitrogen and oxygen atoms in total. The van der Waals surface area contributed by atoms with E-state index in [9.17, 15) is 10.1 Å². The van der Waals surface area contributed by atoms with Gasteiger partial charge in [-0.2, -0.15) is 5.26 Å². The van der Waals surface area contributed by atoms with E-state index in [1.807, 2.05) is 44.2 Å². The highest BCUT2D eigenvalue weighted by atomic mass is 16.5. The van der Waals surface area contributed by atoms with Crippen LogP contribution in [0.1, 0.15) is 45.1 Å². The smallest absolute Gasteiger partial charge is 0.262 e. The predicted molar refractivity (Wildman–Crippen MR) is 86.2 cm³/mol. The summed E-state index contributed by atoms with van der Waals surface area (Å²) in [7, 11) is 0. The van der Waals surface area contributed by atoms with Gasteiger partial charge in [0.05, 0.1) is 6.10 Å². The minimum absolute atomic E-state index is 0.0346. The van der Waals surface area contributed by atoms with Gasteiger partial charge in [-0.3, -0.25) is 4.79 Å². The number of ether oxygens (including phenoxy) is 1. The van der Waals surface area contributed by atoms with E-state index in [1.54, 1.807) is 6.08 Å². The van der Waals surface area contributed by atoms with E-state index in [0.717, 1.165) is 31.2 Å². The van der Waals surface area contributed by atoms with Gasteiger partial charge in [-0.15, -0.1) is 0 Å². The van der Waals surface area contributed by atoms with Crippen molar-refractivity contribution in [3.05, 3.63) is 35.4 Å². The minimum Gasteiger partial charge on any atom is -0.490 e. The molecule has 0 aliphatic heterocycles. The first-order valence-corrected chi connectivity index (χ1v) is 7.78. The summed E-state index contributed by atoms with van der Waals surface area (Å²) in [5.41, 5.74) is 0.862. The molecule has 1 aliphatic carbocycles. The number of nitrogens with one attached hydrogen (secondary N) is 1. The third-order valence-electron chi connectivity index (χ3n) is 3.64. The van der Waals surface area contributed by atoms with E-state index >= 15 is 0 Å².